The van der Waals surface area contributed by atoms with Gasteiger partial charge in [0.1, 0.15) is 18.3 Å². The van der Waals surface area contributed by atoms with Gasteiger partial charge >= 0.3 is 17.9 Å². The molecule has 2 fully saturated rings. The number of carbonyl (C=O) groups is 3. The zero-order valence-electron chi connectivity index (χ0n) is 17.5. The second-order valence-electron chi connectivity index (χ2n) is 8.20. The third-order valence-electron chi connectivity index (χ3n) is 5.99. The van der Waals surface area contributed by atoms with Crippen molar-refractivity contribution in [3.05, 3.63) is 35.5 Å². The van der Waals surface area contributed by atoms with Crippen molar-refractivity contribution in [2.24, 2.45) is 5.92 Å². The molecule has 3 rings (SSSR count). The smallest absolute Gasteiger partial charge is 0.334 e. The zero-order valence-corrected chi connectivity index (χ0v) is 17.5. The van der Waals surface area contributed by atoms with Crippen molar-refractivity contribution >= 4 is 17.9 Å². The van der Waals surface area contributed by atoms with Crippen LogP contribution in [0, 0.1) is 5.92 Å². The first-order valence-electron chi connectivity index (χ1n) is 9.82. The topological polar surface area (TPSA) is 91.4 Å². The summed E-state index contributed by atoms with van der Waals surface area (Å²) in [4.78, 5) is 36.3. The minimum atomic E-state index is -0.657. The molecule has 0 spiro atoms. The van der Waals surface area contributed by atoms with Crippen molar-refractivity contribution in [3.8, 4) is 0 Å². The average molecular weight is 404 g/mol. The highest BCUT2D eigenvalue weighted by atomic mass is 16.6. The van der Waals surface area contributed by atoms with Gasteiger partial charge < -0.3 is 18.9 Å². The lowest BCUT2D eigenvalue weighted by atomic mass is 9.82. The molecule has 0 bridgehead atoms. The molecule has 0 amide bonds. The highest BCUT2D eigenvalue weighted by molar-refractivity contribution is 5.92. The van der Waals surface area contributed by atoms with Crippen LogP contribution in [0.25, 0.3) is 0 Å². The van der Waals surface area contributed by atoms with Gasteiger partial charge in [-0.2, -0.15) is 0 Å². The summed E-state index contributed by atoms with van der Waals surface area (Å²) in [6.45, 7) is 12.4. The Morgan fingerprint density at radius 1 is 1.31 bits per heavy atom. The number of epoxide rings is 1. The fourth-order valence-electron chi connectivity index (χ4n) is 4.03. The first kappa shape index (κ1) is 21.3. The van der Waals surface area contributed by atoms with Crippen molar-refractivity contribution in [2.45, 2.75) is 77.5 Å². The van der Waals surface area contributed by atoms with E-state index in [4.69, 9.17) is 18.9 Å². The third kappa shape index (κ3) is 4.29. The summed E-state index contributed by atoms with van der Waals surface area (Å²) >= 11 is 0. The van der Waals surface area contributed by atoms with Crippen LogP contribution in [0.4, 0.5) is 0 Å². The maximum absolute atomic E-state index is 12.5. The summed E-state index contributed by atoms with van der Waals surface area (Å²) in [5.41, 5.74) is 0.948. The number of ether oxygens (including phenoxy) is 4. The van der Waals surface area contributed by atoms with Crippen molar-refractivity contribution in [1.29, 1.82) is 0 Å². The van der Waals surface area contributed by atoms with Gasteiger partial charge in [-0.15, -0.1) is 0 Å². The second-order valence-corrected chi connectivity index (χ2v) is 8.20. The van der Waals surface area contributed by atoms with Crippen molar-refractivity contribution in [1.82, 2.24) is 0 Å². The van der Waals surface area contributed by atoms with Crippen molar-refractivity contribution < 1.29 is 33.3 Å². The third-order valence-corrected chi connectivity index (χ3v) is 5.99. The lowest BCUT2D eigenvalue weighted by Crippen LogP contribution is -2.38. The minimum Gasteiger partial charge on any atom is -0.458 e. The molecular weight excluding hydrogens is 376 g/mol. The number of hydrogen-bond acceptors (Lipinski definition) is 7. The normalized spacial score (nSPS) is 38.7. The molecular formula is C22H28O7. The van der Waals surface area contributed by atoms with Crippen LogP contribution >= 0.6 is 0 Å². The molecule has 6 atom stereocenters. The van der Waals surface area contributed by atoms with E-state index >= 15 is 0 Å². The van der Waals surface area contributed by atoms with E-state index in [0.29, 0.717) is 18.4 Å². The van der Waals surface area contributed by atoms with Crippen LogP contribution in [-0.2, 0) is 33.3 Å². The summed E-state index contributed by atoms with van der Waals surface area (Å²) in [6, 6.07) is 0. The molecule has 29 heavy (non-hydrogen) atoms. The maximum atomic E-state index is 12.5. The molecule has 0 aromatic rings. The molecule has 2 heterocycles. The predicted molar refractivity (Wildman–Crippen MR) is 104 cm³/mol. The van der Waals surface area contributed by atoms with Gasteiger partial charge in [0.05, 0.1) is 17.6 Å². The standard InChI is InChI=1S/C22H28O7/c1-7-11(2)20(24)28-17-10-22(6)18(29-22)9-15(26-14(5)23)12(3)8-16-19(17)13(4)21(25)27-16/h7-8,15-19H,4,9-10H2,1-3,5-6H3/b11-7-,12-8-/t15-,16+,17+,18+,19-,22+/m0/s1. The maximum Gasteiger partial charge on any atom is 0.334 e. The molecule has 2 saturated heterocycles. The van der Waals surface area contributed by atoms with Crippen LogP contribution in [0.2, 0.25) is 0 Å². The highest BCUT2D eigenvalue weighted by Crippen LogP contribution is 2.48. The molecule has 1 aliphatic carbocycles. The van der Waals surface area contributed by atoms with E-state index < -0.39 is 41.8 Å². The summed E-state index contributed by atoms with van der Waals surface area (Å²) in [6.07, 6.45) is 2.40. The van der Waals surface area contributed by atoms with E-state index in [0.717, 1.165) is 5.57 Å². The van der Waals surface area contributed by atoms with Crippen LogP contribution in [0.15, 0.2) is 35.5 Å². The van der Waals surface area contributed by atoms with Crippen LogP contribution in [0.1, 0.15) is 47.5 Å². The first-order chi connectivity index (χ1) is 13.6. The fraction of sp³-hybridized carbons (Fsp3) is 0.591. The average Bonchev–Trinajstić information content (AvgIpc) is 3.17. The first-order valence-corrected chi connectivity index (χ1v) is 9.82. The summed E-state index contributed by atoms with van der Waals surface area (Å²) in [7, 11) is 0. The van der Waals surface area contributed by atoms with Crippen molar-refractivity contribution in [3.63, 3.8) is 0 Å². The van der Waals surface area contributed by atoms with E-state index in [1.54, 1.807) is 26.0 Å². The van der Waals surface area contributed by atoms with E-state index in [-0.39, 0.29) is 17.6 Å². The highest BCUT2D eigenvalue weighted by Gasteiger charge is 2.58. The Hall–Kier alpha value is -2.41. The number of allylic oxidation sites excluding steroid dienone is 1. The lowest BCUT2D eigenvalue weighted by Gasteiger charge is -2.29. The lowest BCUT2D eigenvalue weighted by molar-refractivity contribution is -0.149. The molecule has 0 aromatic carbocycles. The molecule has 2 aliphatic heterocycles. The van der Waals surface area contributed by atoms with Crippen LogP contribution in [-0.4, -0.2) is 47.9 Å². The molecule has 0 saturated carbocycles. The molecule has 7 heteroatoms. The Labute approximate surface area is 170 Å². The van der Waals surface area contributed by atoms with Crippen LogP contribution in [0.3, 0.4) is 0 Å². The number of fused-ring (bicyclic) bond motifs is 2. The molecule has 0 N–H and O–H groups in total. The number of rotatable bonds is 3. The summed E-state index contributed by atoms with van der Waals surface area (Å²) < 4.78 is 22.7. The van der Waals surface area contributed by atoms with E-state index in [1.165, 1.54) is 6.92 Å². The second kappa shape index (κ2) is 7.78. The van der Waals surface area contributed by atoms with Gasteiger partial charge in [-0.1, -0.05) is 12.7 Å². The summed E-state index contributed by atoms with van der Waals surface area (Å²) in [5.74, 6) is -1.89. The SMILES string of the molecule is C=C1C(=O)O[C@@H]2/C=C(/C)[C@@H](OC(C)=O)C[C@H]3O[C@]3(C)C[C@@H](OC(=O)/C(C)=C\C)[C@@H]12. The molecule has 0 unspecified atom stereocenters. The largest absolute Gasteiger partial charge is 0.458 e. The van der Waals surface area contributed by atoms with Gasteiger partial charge in [-0.05, 0) is 39.3 Å². The van der Waals surface area contributed by atoms with Gasteiger partial charge in [-0.25, -0.2) is 9.59 Å². The van der Waals surface area contributed by atoms with Gasteiger partial charge in [0.25, 0.3) is 0 Å². The Kier molecular flexibility index (Phi) is 5.72. The van der Waals surface area contributed by atoms with Gasteiger partial charge in [-0.3, -0.25) is 4.79 Å². The Balaban J connectivity index is 1.99. The molecule has 0 radical (unpaired) electrons. The molecule has 3 aliphatic rings. The summed E-state index contributed by atoms with van der Waals surface area (Å²) in [5, 5.41) is 0. The molecule has 7 nitrogen and oxygen atoms in total. The van der Waals surface area contributed by atoms with E-state index in [9.17, 15) is 14.4 Å². The Morgan fingerprint density at radius 2 is 2.00 bits per heavy atom. The number of esters is 3. The quantitative estimate of drug-likeness (QED) is 0.235. The number of hydrogen-bond donors (Lipinski definition) is 0. The van der Waals surface area contributed by atoms with Crippen LogP contribution < -0.4 is 0 Å². The zero-order chi connectivity index (χ0) is 21.5. The van der Waals surface area contributed by atoms with Gasteiger partial charge in [0.2, 0.25) is 0 Å². The molecule has 158 valence electrons. The number of carbonyl (C=O) groups excluding carboxylic acids is 3. The van der Waals surface area contributed by atoms with Crippen molar-refractivity contribution in [2.75, 3.05) is 0 Å². The fourth-order valence-corrected chi connectivity index (χ4v) is 4.03. The van der Waals surface area contributed by atoms with E-state index in [2.05, 4.69) is 6.58 Å². The molecule has 0 aromatic heterocycles. The van der Waals surface area contributed by atoms with E-state index in [1.807, 2.05) is 13.8 Å². The Bertz CT molecular complexity index is 808. The van der Waals surface area contributed by atoms with Gasteiger partial charge in [0.15, 0.2) is 0 Å². The van der Waals surface area contributed by atoms with Gasteiger partial charge in [0, 0.05) is 30.9 Å². The monoisotopic (exact) mass is 404 g/mol. The predicted octanol–water partition coefficient (Wildman–Crippen LogP) is 2.79. The van der Waals surface area contributed by atoms with Crippen LogP contribution in [0.5, 0.6) is 0 Å². The minimum absolute atomic E-state index is 0.151. The Morgan fingerprint density at radius 3 is 2.62 bits per heavy atom.